The van der Waals surface area contributed by atoms with Crippen LogP contribution in [-0.4, -0.2) is 31.9 Å². The lowest BCUT2D eigenvalue weighted by Gasteiger charge is -2.30. The van der Waals surface area contributed by atoms with Gasteiger partial charge in [0.2, 0.25) is 0 Å². The molecule has 0 saturated carbocycles. The van der Waals surface area contributed by atoms with E-state index < -0.39 is 18.6 Å². The number of nitrogens with one attached hydrogen (secondary N) is 2. The van der Waals surface area contributed by atoms with E-state index >= 15 is 0 Å². The van der Waals surface area contributed by atoms with Gasteiger partial charge in [-0.25, -0.2) is 0 Å². The van der Waals surface area contributed by atoms with Crippen LogP contribution in [-0.2, 0) is 0 Å². The van der Waals surface area contributed by atoms with Crippen molar-refractivity contribution in [3.05, 3.63) is 0 Å². The van der Waals surface area contributed by atoms with Gasteiger partial charge in [0.05, 0.1) is 6.42 Å². The van der Waals surface area contributed by atoms with Crippen molar-refractivity contribution in [2.45, 2.75) is 51.7 Å². The smallest absolute Gasteiger partial charge is 0.316 e. The summed E-state index contributed by atoms with van der Waals surface area (Å²) in [4.78, 5) is 0. The quantitative estimate of drug-likeness (QED) is 0.759. The fourth-order valence-electron chi connectivity index (χ4n) is 2.59. The molecule has 0 aliphatic carbocycles. The largest absolute Gasteiger partial charge is 0.390 e. The predicted octanol–water partition coefficient (Wildman–Crippen LogP) is 2.70. The molecule has 17 heavy (non-hydrogen) atoms. The van der Waals surface area contributed by atoms with Gasteiger partial charge in [-0.05, 0) is 31.7 Å². The number of rotatable bonds is 6. The molecule has 0 radical (unpaired) electrons. The molecule has 2 unspecified atom stereocenters. The minimum Gasteiger partial charge on any atom is -0.316 e. The molecule has 1 fully saturated rings. The highest BCUT2D eigenvalue weighted by atomic mass is 19.4. The van der Waals surface area contributed by atoms with Gasteiger partial charge in [0.25, 0.3) is 0 Å². The molecule has 1 aliphatic rings. The normalized spacial score (nSPS) is 27.4. The van der Waals surface area contributed by atoms with Crippen LogP contribution < -0.4 is 10.6 Å². The fourth-order valence-corrected chi connectivity index (χ4v) is 2.59. The topological polar surface area (TPSA) is 24.1 Å². The molecule has 2 N–H and O–H groups in total. The number of alkyl halides is 3. The summed E-state index contributed by atoms with van der Waals surface area (Å²) in [5.41, 5.74) is 0.161. The minimum absolute atomic E-state index is 0.161. The van der Waals surface area contributed by atoms with E-state index in [0.29, 0.717) is 6.54 Å². The fraction of sp³-hybridized carbons (Fsp3) is 1.00. The summed E-state index contributed by atoms with van der Waals surface area (Å²) in [7, 11) is 0. The van der Waals surface area contributed by atoms with Crippen molar-refractivity contribution < 1.29 is 13.2 Å². The highest BCUT2D eigenvalue weighted by Crippen LogP contribution is 2.30. The molecule has 0 spiro atoms. The van der Waals surface area contributed by atoms with Crippen LogP contribution in [0.15, 0.2) is 0 Å². The summed E-state index contributed by atoms with van der Waals surface area (Å²) >= 11 is 0. The maximum atomic E-state index is 12.2. The lowest BCUT2D eigenvalue weighted by Crippen LogP contribution is -2.41. The Kier molecular flexibility index (Phi) is 5.25. The van der Waals surface area contributed by atoms with Crippen LogP contribution in [0.1, 0.15) is 39.5 Å². The van der Waals surface area contributed by atoms with Crippen molar-refractivity contribution in [1.29, 1.82) is 0 Å². The van der Waals surface area contributed by atoms with E-state index in [1.54, 1.807) is 6.92 Å². The molecule has 2 nitrogen and oxygen atoms in total. The summed E-state index contributed by atoms with van der Waals surface area (Å²) in [5, 5.41) is 6.35. The monoisotopic (exact) mass is 252 g/mol. The van der Waals surface area contributed by atoms with Crippen molar-refractivity contribution >= 4 is 0 Å². The first kappa shape index (κ1) is 14.8. The van der Waals surface area contributed by atoms with Gasteiger partial charge >= 0.3 is 6.18 Å². The van der Waals surface area contributed by atoms with Crippen LogP contribution in [0.2, 0.25) is 0 Å². The molecule has 1 heterocycles. The summed E-state index contributed by atoms with van der Waals surface area (Å²) in [6.45, 7) is 6.32. The van der Waals surface area contributed by atoms with Gasteiger partial charge in [-0.3, -0.25) is 0 Å². The number of halogens is 3. The SMILES string of the molecule is CCCC1(CNC(C)CC(F)(F)F)CCNC1. The van der Waals surface area contributed by atoms with Crippen molar-refractivity contribution in [3.63, 3.8) is 0 Å². The molecular formula is C12H23F3N2. The van der Waals surface area contributed by atoms with Gasteiger partial charge < -0.3 is 10.6 Å². The molecule has 102 valence electrons. The van der Waals surface area contributed by atoms with Crippen molar-refractivity contribution in [1.82, 2.24) is 10.6 Å². The minimum atomic E-state index is -4.07. The van der Waals surface area contributed by atoms with Gasteiger partial charge in [0, 0.05) is 19.1 Å². The molecule has 1 rings (SSSR count). The van der Waals surface area contributed by atoms with Crippen LogP contribution in [0.5, 0.6) is 0 Å². The second-order valence-electron chi connectivity index (χ2n) is 5.28. The van der Waals surface area contributed by atoms with Crippen LogP contribution in [0, 0.1) is 5.41 Å². The molecule has 0 aromatic carbocycles. The van der Waals surface area contributed by atoms with Crippen molar-refractivity contribution in [3.8, 4) is 0 Å². The summed E-state index contributed by atoms with van der Waals surface area (Å²) in [6, 6.07) is -0.496. The third kappa shape index (κ3) is 5.25. The van der Waals surface area contributed by atoms with Gasteiger partial charge in [-0.15, -0.1) is 0 Å². The summed E-state index contributed by atoms with van der Waals surface area (Å²) in [6.07, 6.45) is -1.60. The van der Waals surface area contributed by atoms with Crippen LogP contribution in [0.3, 0.4) is 0 Å². The molecule has 0 bridgehead atoms. The van der Waals surface area contributed by atoms with E-state index in [2.05, 4.69) is 17.6 Å². The Hall–Kier alpha value is -0.290. The Labute approximate surface area is 101 Å². The third-order valence-electron chi connectivity index (χ3n) is 3.48. The van der Waals surface area contributed by atoms with Crippen LogP contribution in [0.4, 0.5) is 13.2 Å². The average Bonchev–Trinajstić information content (AvgIpc) is 2.62. The standard InChI is InChI=1S/C12H23F3N2/c1-3-4-11(5-6-16-8-11)9-17-10(2)7-12(13,14)15/h10,16-17H,3-9H2,1-2H3. The molecule has 2 atom stereocenters. The highest BCUT2D eigenvalue weighted by molar-refractivity contribution is 4.90. The van der Waals surface area contributed by atoms with Gasteiger partial charge in [0.1, 0.15) is 0 Å². The molecule has 0 aromatic rings. The Bertz CT molecular complexity index is 222. The first-order valence-corrected chi connectivity index (χ1v) is 6.38. The average molecular weight is 252 g/mol. The lowest BCUT2D eigenvalue weighted by atomic mass is 9.82. The van der Waals surface area contributed by atoms with E-state index in [4.69, 9.17) is 0 Å². The van der Waals surface area contributed by atoms with Crippen molar-refractivity contribution in [2.75, 3.05) is 19.6 Å². The van der Waals surface area contributed by atoms with Gasteiger partial charge in [-0.2, -0.15) is 13.2 Å². The molecular weight excluding hydrogens is 229 g/mol. The Morgan fingerprint density at radius 1 is 1.41 bits per heavy atom. The van der Waals surface area contributed by atoms with E-state index in [1.807, 2.05) is 0 Å². The zero-order chi connectivity index (χ0) is 12.9. The summed E-state index contributed by atoms with van der Waals surface area (Å²) in [5.74, 6) is 0. The van der Waals surface area contributed by atoms with Crippen LogP contribution in [0.25, 0.3) is 0 Å². The van der Waals surface area contributed by atoms with Crippen molar-refractivity contribution in [2.24, 2.45) is 5.41 Å². The van der Waals surface area contributed by atoms with Gasteiger partial charge in [0.15, 0.2) is 0 Å². The number of hydrogen-bond acceptors (Lipinski definition) is 2. The first-order chi connectivity index (χ1) is 7.87. The summed E-state index contributed by atoms with van der Waals surface area (Å²) < 4.78 is 36.6. The number of hydrogen-bond donors (Lipinski definition) is 2. The highest BCUT2D eigenvalue weighted by Gasteiger charge is 2.34. The van der Waals surface area contributed by atoms with E-state index in [9.17, 15) is 13.2 Å². The third-order valence-corrected chi connectivity index (χ3v) is 3.48. The Morgan fingerprint density at radius 3 is 2.59 bits per heavy atom. The second kappa shape index (κ2) is 6.05. The molecule has 1 aliphatic heterocycles. The molecule has 5 heteroatoms. The molecule has 0 aromatic heterocycles. The Morgan fingerprint density at radius 2 is 2.12 bits per heavy atom. The zero-order valence-electron chi connectivity index (χ0n) is 10.7. The second-order valence-corrected chi connectivity index (χ2v) is 5.28. The lowest BCUT2D eigenvalue weighted by molar-refractivity contribution is -0.139. The zero-order valence-corrected chi connectivity index (χ0v) is 10.7. The van der Waals surface area contributed by atoms with Crippen LogP contribution >= 0.6 is 0 Å². The Balaban J connectivity index is 2.36. The van der Waals surface area contributed by atoms with Gasteiger partial charge in [-0.1, -0.05) is 13.3 Å². The molecule has 0 amide bonds. The predicted molar refractivity (Wildman–Crippen MR) is 63.0 cm³/mol. The van der Waals surface area contributed by atoms with E-state index in [0.717, 1.165) is 32.4 Å². The molecule has 1 saturated heterocycles. The van der Waals surface area contributed by atoms with E-state index in [1.165, 1.54) is 0 Å². The van der Waals surface area contributed by atoms with E-state index in [-0.39, 0.29) is 5.41 Å². The maximum absolute atomic E-state index is 12.2. The first-order valence-electron chi connectivity index (χ1n) is 6.38. The maximum Gasteiger partial charge on any atom is 0.390 e.